The molecule has 16 heavy (non-hydrogen) atoms. The number of nitrogens with zero attached hydrogens (tertiary/aromatic N) is 1. The summed E-state index contributed by atoms with van der Waals surface area (Å²) in [6, 6.07) is 0.0719. The van der Waals surface area contributed by atoms with Crippen molar-refractivity contribution in [3.8, 4) is 0 Å². The van der Waals surface area contributed by atoms with E-state index < -0.39 is 0 Å². The van der Waals surface area contributed by atoms with E-state index in [1.54, 1.807) is 0 Å². The number of amides is 2. The Morgan fingerprint density at radius 2 is 2.25 bits per heavy atom. The lowest BCUT2D eigenvalue weighted by atomic mass is 10.1. The van der Waals surface area contributed by atoms with Crippen LogP contribution in [0.3, 0.4) is 0 Å². The van der Waals surface area contributed by atoms with Crippen molar-refractivity contribution in [2.24, 2.45) is 0 Å². The summed E-state index contributed by atoms with van der Waals surface area (Å²) in [5, 5.41) is 6.00. The van der Waals surface area contributed by atoms with Crippen LogP contribution in [0, 0.1) is 0 Å². The minimum atomic E-state index is -0.275. The van der Waals surface area contributed by atoms with E-state index in [2.05, 4.69) is 17.6 Å². The Morgan fingerprint density at radius 3 is 2.81 bits per heavy atom. The minimum absolute atomic E-state index is 0. The van der Waals surface area contributed by atoms with Gasteiger partial charge in [-0.2, -0.15) is 0 Å². The van der Waals surface area contributed by atoms with E-state index in [4.69, 9.17) is 0 Å². The van der Waals surface area contributed by atoms with Crippen LogP contribution in [-0.2, 0) is 9.59 Å². The van der Waals surface area contributed by atoms with Gasteiger partial charge < -0.3 is 15.5 Å². The number of piperazine rings is 1. The third-order valence-electron chi connectivity index (χ3n) is 2.97. The van der Waals surface area contributed by atoms with E-state index in [0.717, 1.165) is 19.6 Å². The van der Waals surface area contributed by atoms with Crippen molar-refractivity contribution in [2.75, 3.05) is 19.6 Å². The highest BCUT2D eigenvalue weighted by Crippen LogP contribution is 2.11. The van der Waals surface area contributed by atoms with Crippen LogP contribution in [0.5, 0.6) is 0 Å². The van der Waals surface area contributed by atoms with Crippen molar-refractivity contribution < 1.29 is 9.59 Å². The minimum Gasteiger partial charge on any atom is -0.344 e. The van der Waals surface area contributed by atoms with Gasteiger partial charge in [0.25, 0.3) is 0 Å². The summed E-state index contributed by atoms with van der Waals surface area (Å²) in [6.07, 6.45) is 1.13. The summed E-state index contributed by atoms with van der Waals surface area (Å²) in [5.41, 5.74) is 0. The van der Waals surface area contributed by atoms with Crippen LogP contribution in [0.25, 0.3) is 0 Å². The van der Waals surface area contributed by atoms with E-state index in [9.17, 15) is 9.59 Å². The molecular formula is C10H18ClN3O2. The zero-order valence-corrected chi connectivity index (χ0v) is 10.2. The highest BCUT2D eigenvalue weighted by Gasteiger charge is 2.32. The topological polar surface area (TPSA) is 61.4 Å². The molecule has 0 saturated carbocycles. The highest BCUT2D eigenvalue weighted by molar-refractivity contribution is 5.90. The molecule has 0 aromatic carbocycles. The van der Waals surface area contributed by atoms with Crippen molar-refractivity contribution in [3.63, 3.8) is 0 Å². The molecule has 0 aromatic rings. The molecule has 2 fully saturated rings. The lowest BCUT2D eigenvalue weighted by Gasteiger charge is -2.33. The second-order valence-corrected chi connectivity index (χ2v) is 4.30. The summed E-state index contributed by atoms with van der Waals surface area (Å²) >= 11 is 0. The summed E-state index contributed by atoms with van der Waals surface area (Å²) in [6.45, 7) is 4.39. The Bertz CT molecular complexity index is 285. The Kier molecular flexibility index (Phi) is 4.56. The van der Waals surface area contributed by atoms with Gasteiger partial charge in [-0.25, -0.2) is 0 Å². The predicted octanol–water partition coefficient (Wildman–Crippen LogP) is -0.493. The van der Waals surface area contributed by atoms with E-state index in [-0.39, 0.29) is 30.3 Å². The molecular weight excluding hydrogens is 230 g/mol. The first-order chi connectivity index (χ1) is 7.16. The van der Waals surface area contributed by atoms with E-state index in [1.807, 2.05) is 4.90 Å². The van der Waals surface area contributed by atoms with Gasteiger partial charge in [0.1, 0.15) is 6.04 Å². The molecule has 0 aromatic heterocycles. The lowest BCUT2D eigenvalue weighted by molar-refractivity contribution is -0.135. The zero-order chi connectivity index (χ0) is 10.8. The molecule has 2 atom stereocenters. The summed E-state index contributed by atoms with van der Waals surface area (Å²) in [7, 11) is 0. The third-order valence-corrected chi connectivity index (χ3v) is 2.97. The van der Waals surface area contributed by atoms with Crippen molar-refractivity contribution in [1.82, 2.24) is 15.5 Å². The Balaban J connectivity index is 0.00000128. The van der Waals surface area contributed by atoms with Crippen molar-refractivity contribution in [1.29, 1.82) is 0 Å². The fourth-order valence-corrected chi connectivity index (χ4v) is 2.15. The van der Waals surface area contributed by atoms with Gasteiger partial charge in [0.05, 0.1) is 0 Å². The van der Waals surface area contributed by atoms with Crippen LogP contribution < -0.4 is 10.6 Å². The molecule has 0 radical (unpaired) electrons. The molecule has 6 heteroatoms. The molecule has 2 aliphatic heterocycles. The van der Waals surface area contributed by atoms with Crippen molar-refractivity contribution >= 4 is 24.2 Å². The average Bonchev–Trinajstić information content (AvgIpc) is 2.64. The Labute approximate surface area is 101 Å². The first-order valence-corrected chi connectivity index (χ1v) is 5.48. The van der Waals surface area contributed by atoms with Crippen molar-refractivity contribution in [3.05, 3.63) is 0 Å². The number of nitrogens with one attached hydrogen (secondary N) is 2. The van der Waals surface area contributed by atoms with Gasteiger partial charge in [0, 0.05) is 32.1 Å². The maximum Gasteiger partial charge on any atom is 0.245 e. The van der Waals surface area contributed by atoms with Crippen LogP contribution in [0.15, 0.2) is 0 Å². The monoisotopic (exact) mass is 247 g/mol. The van der Waals surface area contributed by atoms with Gasteiger partial charge in [0.15, 0.2) is 0 Å². The summed E-state index contributed by atoms with van der Waals surface area (Å²) < 4.78 is 0. The second kappa shape index (κ2) is 5.50. The second-order valence-electron chi connectivity index (χ2n) is 4.30. The molecule has 0 unspecified atom stereocenters. The maximum atomic E-state index is 12.0. The maximum absolute atomic E-state index is 12.0. The molecule has 2 rings (SSSR count). The van der Waals surface area contributed by atoms with Crippen LogP contribution >= 0.6 is 12.4 Å². The number of carbonyl (C=O) groups excluding carboxylic acids is 2. The molecule has 2 saturated heterocycles. The molecule has 2 amide bonds. The SMILES string of the molecule is C[C@H]1CN(C(=O)[C@@H]2CCC(=O)N2)CCN1.Cl. The van der Waals surface area contributed by atoms with Crippen molar-refractivity contribution in [2.45, 2.75) is 31.8 Å². The number of carbonyl (C=O) groups is 2. The molecule has 0 bridgehead atoms. The average molecular weight is 248 g/mol. The van der Waals surface area contributed by atoms with Gasteiger partial charge >= 0.3 is 0 Å². The number of rotatable bonds is 1. The third kappa shape index (κ3) is 2.86. The first-order valence-electron chi connectivity index (χ1n) is 5.48. The fourth-order valence-electron chi connectivity index (χ4n) is 2.15. The first kappa shape index (κ1) is 13.3. The number of hydrogen-bond donors (Lipinski definition) is 2. The highest BCUT2D eigenvalue weighted by atomic mass is 35.5. The van der Waals surface area contributed by atoms with Crippen LogP contribution in [0.4, 0.5) is 0 Å². The van der Waals surface area contributed by atoms with E-state index >= 15 is 0 Å². The fraction of sp³-hybridized carbons (Fsp3) is 0.800. The van der Waals surface area contributed by atoms with Gasteiger partial charge in [-0.15, -0.1) is 12.4 Å². The van der Waals surface area contributed by atoms with Crippen LogP contribution in [0.1, 0.15) is 19.8 Å². The molecule has 2 aliphatic rings. The molecule has 5 nitrogen and oxygen atoms in total. The Hall–Kier alpha value is -0.810. The molecule has 2 N–H and O–H groups in total. The predicted molar refractivity (Wildman–Crippen MR) is 62.5 cm³/mol. The van der Waals surface area contributed by atoms with Gasteiger partial charge in [0.2, 0.25) is 11.8 Å². The summed E-state index contributed by atoms with van der Waals surface area (Å²) in [4.78, 5) is 24.8. The van der Waals surface area contributed by atoms with Crippen LogP contribution in [-0.4, -0.2) is 48.4 Å². The largest absolute Gasteiger partial charge is 0.344 e. The molecule has 92 valence electrons. The van der Waals surface area contributed by atoms with Gasteiger partial charge in [-0.3, -0.25) is 9.59 Å². The van der Waals surface area contributed by atoms with E-state index in [0.29, 0.717) is 18.9 Å². The smallest absolute Gasteiger partial charge is 0.245 e. The van der Waals surface area contributed by atoms with Gasteiger partial charge in [-0.05, 0) is 13.3 Å². The van der Waals surface area contributed by atoms with E-state index in [1.165, 1.54) is 0 Å². The standard InChI is InChI=1S/C10H17N3O2.ClH/c1-7-6-13(5-4-11-7)10(15)8-2-3-9(14)12-8;/h7-8,11H,2-6H2,1H3,(H,12,14);1H/t7-,8-;/m0./s1. The van der Waals surface area contributed by atoms with Crippen LogP contribution in [0.2, 0.25) is 0 Å². The number of halogens is 1. The molecule has 0 spiro atoms. The lowest BCUT2D eigenvalue weighted by Crippen LogP contribution is -2.55. The Morgan fingerprint density at radius 1 is 1.50 bits per heavy atom. The summed E-state index contributed by atoms with van der Waals surface area (Å²) in [5.74, 6) is 0.0748. The zero-order valence-electron chi connectivity index (χ0n) is 9.36. The normalized spacial score (nSPS) is 29.6. The van der Waals surface area contributed by atoms with Gasteiger partial charge in [-0.1, -0.05) is 0 Å². The number of hydrogen-bond acceptors (Lipinski definition) is 3. The molecule has 2 heterocycles. The molecule has 0 aliphatic carbocycles. The quantitative estimate of drug-likeness (QED) is 0.657.